The summed E-state index contributed by atoms with van der Waals surface area (Å²) in [5, 5.41) is 6.59. The quantitative estimate of drug-likeness (QED) is 0.606. The molecule has 1 amide bonds. The second-order valence-electron chi connectivity index (χ2n) is 5.33. The van der Waals surface area contributed by atoms with Crippen LogP contribution in [0, 0.1) is 0 Å². The molecule has 5 heteroatoms. The largest absolute Gasteiger partial charge is 0.338 e. The average Bonchev–Trinajstić information content (AvgIpc) is 2.86. The Labute approximate surface area is 103 Å². The van der Waals surface area contributed by atoms with Crippen molar-refractivity contribution < 1.29 is 4.79 Å². The number of amides is 1. The molecule has 0 aromatic rings. The molecule has 3 aliphatic rings. The first kappa shape index (κ1) is 11.4. The number of carbonyl (C=O) groups is 1. The maximum Gasteiger partial charge on any atom is 0.241 e. The summed E-state index contributed by atoms with van der Waals surface area (Å²) in [5.41, 5.74) is 0. The summed E-state index contributed by atoms with van der Waals surface area (Å²) >= 11 is 0. The molecule has 0 aliphatic carbocycles. The molecule has 96 valence electrons. The molecule has 0 radical (unpaired) electrons. The van der Waals surface area contributed by atoms with Crippen molar-refractivity contribution in [3.05, 3.63) is 0 Å². The van der Waals surface area contributed by atoms with Crippen molar-refractivity contribution in [1.29, 1.82) is 0 Å². The van der Waals surface area contributed by atoms with Gasteiger partial charge in [0.15, 0.2) is 0 Å². The minimum atomic E-state index is -0.00305. The predicted molar refractivity (Wildman–Crippen MR) is 65.8 cm³/mol. The van der Waals surface area contributed by atoms with Crippen LogP contribution in [0.15, 0.2) is 0 Å². The number of piperazine rings is 2. The van der Waals surface area contributed by atoms with E-state index in [4.69, 9.17) is 0 Å². The molecular formula is C12H22N4O. The van der Waals surface area contributed by atoms with Gasteiger partial charge in [0, 0.05) is 45.3 Å². The fourth-order valence-electron chi connectivity index (χ4n) is 3.24. The van der Waals surface area contributed by atoms with Gasteiger partial charge in [-0.3, -0.25) is 9.69 Å². The number of hydrogen-bond acceptors (Lipinski definition) is 4. The van der Waals surface area contributed by atoms with E-state index in [-0.39, 0.29) is 6.04 Å². The highest BCUT2D eigenvalue weighted by atomic mass is 16.2. The van der Waals surface area contributed by atoms with E-state index in [1.54, 1.807) is 0 Å². The topological polar surface area (TPSA) is 47.6 Å². The summed E-state index contributed by atoms with van der Waals surface area (Å²) in [4.78, 5) is 17.0. The Morgan fingerprint density at radius 2 is 2.12 bits per heavy atom. The van der Waals surface area contributed by atoms with Crippen molar-refractivity contribution >= 4 is 5.91 Å². The van der Waals surface area contributed by atoms with E-state index in [0.717, 1.165) is 39.3 Å². The van der Waals surface area contributed by atoms with Crippen molar-refractivity contribution in [1.82, 2.24) is 20.4 Å². The van der Waals surface area contributed by atoms with Crippen LogP contribution in [0.1, 0.15) is 12.8 Å². The summed E-state index contributed by atoms with van der Waals surface area (Å²) in [5.74, 6) is 0.295. The fourth-order valence-corrected chi connectivity index (χ4v) is 3.24. The van der Waals surface area contributed by atoms with Crippen molar-refractivity contribution in [3.63, 3.8) is 0 Å². The van der Waals surface area contributed by atoms with Gasteiger partial charge in [-0.1, -0.05) is 0 Å². The number of carbonyl (C=O) groups excluding carboxylic acids is 1. The first-order chi connectivity index (χ1) is 8.34. The molecule has 2 N–H and O–H groups in total. The van der Waals surface area contributed by atoms with Gasteiger partial charge in [-0.25, -0.2) is 0 Å². The SMILES string of the molecule is O=C(C1CNCCN1)N1CCN2CCCC2C1. The Kier molecular flexibility index (Phi) is 3.31. The van der Waals surface area contributed by atoms with Gasteiger partial charge in [-0.2, -0.15) is 0 Å². The summed E-state index contributed by atoms with van der Waals surface area (Å²) in [6, 6.07) is 0.626. The first-order valence-corrected chi connectivity index (χ1v) is 6.81. The molecule has 3 aliphatic heterocycles. The zero-order chi connectivity index (χ0) is 11.7. The standard InChI is InChI=1S/C12H22N4O/c17-12(11-8-13-3-4-14-11)16-7-6-15-5-1-2-10(15)9-16/h10-11,13-14H,1-9H2. The zero-order valence-corrected chi connectivity index (χ0v) is 10.3. The van der Waals surface area contributed by atoms with Crippen LogP contribution in [0.25, 0.3) is 0 Å². The molecule has 0 aromatic heterocycles. The highest BCUT2D eigenvalue weighted by Crippen LogP contribution is 2.21. The second-order valence-corrected chi connectivity index (χ2v) is 5.33. The Morgan fingerprint density at radius 3 is 2.94 bits per heavy atom. The molecule has 0 saturated carbocycles. The van der Waals surface area contributed by atoms with Crippen molar-refractivity contribution in [3.8, 4) is 0 Å². The lowest BCUT2D eigenvalue weighted by Crippen LogP contribution is -2.60. The fraction of sp³-hybridized carbons (Fsp3) is 0.917. The van der Waals surface area contributed by atoms with Gasteiger partial charge in [-0.05, 0) is 19.4 Å². The monoisotopic (exact) mass is 238 g/mol. The third-order valence-electron chi connectivity index (χ3n) is 4.24. The van der Waals surface area contributed by atoms with Gasteiger partial charge < -0.3 is 15.5 Å². The Morgan fingerprint density at radius 1 is 1.18 bits per heavy atom. The molecule has 3 saturated heterocycles. The molecule has 5 nitrogen and oxygen atoms in total. The molecule has 3 heterocycles. The van der Waals surface area contributed by atoms with Crippen LogP contribution in [0.4, 0.5) is 0 Å². The average molecular weight is 238 g/mol. The number of nitrogens with zero attached hydrogens (tertiary/aromatic N) is 2. The molecule has 3 fully saturated rings. The normalized spacial score (nSPS) is 34.7. The maximum absolute atomic E-state index is 12.3. The molecule has 3 rings (SSSR count). The van der Waals surface area contributed by atoms with E-state index >= 15 is 0 Å². The van der Waals surface area contributed by atoms with E-state index in [0.29, 0.717) is 11.9 Å². The second kappa shape index (κ2) is 4.92. The number of fused-ring (bicyclic) bond motifs is 1. The number of hydrogen-bond donors (Lipinski definition) is 2. The number of nitrogens with one attached hydrogen (secondary N) is 2. The van der Waals surface area contributed by atoms with E-state index in [9.17, 15) is 4.79 Å². The molecule has 17 heavy (non-hydrogen) atoms. The lowest BCUT2D eigenvalue weighted by atomic mass is 10.1. The third-order valence-corrected chi connectivity index (χ3v) is 4.24. The molecular weight excluding hydrogens is 216 g/mol. The molecule has 0 bridgehead atoms. The van der Waals surface area contributed by atoms with E-state index in [2.05, 4.69) is 20.4 Å². The van der Waals surface area contributed by atoms with Gasteiger partial charge in [-0.15, -0.1) is 0 Å². The third kappa shape index (κ3) is 2.32. The van der Waals surface area contributed by atoms with Crippen LogP contribution in [0.5, 0.6) is 0 Å². The Balaban J connectivity index is 1.58. The lowest BCUT2D eigenvalue weighted by Gasteiger charge is -2.39. The van der Waals surface area contributed by atoms with Gasteiger partial charge in [0.1, 0.15) is 0 Å². The van der Waals surface area contributed by atoms with Crippen LogP contribution in [-0.2, 0) is 4.79 Å². The van der Waals surface area contributed by atoms with Gasteiger partial charge in [0.2, 0.25) is 5.91 Å². The number of rotatable bonds is 1. The summed E-state index contributed by atoms with van der Waals surface area (Å²) in [6.45, 7) is 6.81. The van der Waals surface area contributed by atoms with Crippen LogP contribution in [-0.4, -0.2) is 73.6 Å². The van der Waals surface area contributed by atoms with Crippen molar-refractivity contribution in [2.45, 2.75) is 24.9 Å². The van der Waals surface area contributed by atoms with Crippen LogP contribution in [0.2, 0.25) is 0 Å². The van der Waals surface area contributed by atoms with Crippen LogP contribution >= 0.6 is 0 Å². The minimum absolute atomic E-state index is 0.00305. The molecule has 0 aromatic carbocycles. The first-order valence-electron chi connectivity index (χ1n) is 6.81. The summed E-state index contributed by atoms with van der Waals surface area (Å²) in [7, 11) is 0. The highest BCUT2D eigenvalue weighted by molar-refractivity contribution is 5.82. The summed E-state index contributed by atoms with van der Waals surface area (Å²) < 4.78 is 0. The zero-order valence-electron chi connectivity index (χ0n) is 10.3. The Bertz CT molecular complexity index is 290. The van der Waals surface area contributed by atoms with Crippen molar-refractivity contribution in [2.24, 2.45) is 0 Å². The minimum Gasteiger partial charge on any atom is -0.338 e. The highest BCUT2D eigenvalue weighted by Gasteiger charge is 2.34. The predicted octanol–water partition coefficient (Wildman–Crippen LogP) is -1.15. The van der Waals surface area contributed by atoms with Crippen LogP contribution in [0.3, 0.4) is 0 Å². The summed E-state index contributed by atoms with van der Waals surface area (Å²) in [6.07, 6.45) is 2.57. The molecule has 2 atom stereocenters. The Hall–Kier alpha value is -0.650. The smallest absolute Gasteiger partial charge is 0.241 e. The van der Waals surface area contributed by atoms with Crippen LogP contribution < -0.4 is 10.6 Å². The molecule has 2 unspecified atom stereocenters. The lowest BCUT2D eigenvalue weighted by molar-refractivity contribution is -0.136. The van der Waals surface area contributed by atoms with Gasteiger partial charge >= 0.3 is 0 Å². The van der Waals surface area contributed by atoms with Gasteiger partial charge in [0.25, 0.3) is 0 Å². The van der Waals surface area contributed by atoms with Crippen molar-refractivity contribution in [2.75, 3.05) is 45.8 Å². The van der Waals surface area contributed by atoms with E-state index in [1.807, 2.05) is 0 Å². The van der Waals surface area contributed by atoms with E-state index < -0.39 is 0 Å². The van der Waals surface area contributed by atoms with E-state index in [1.165, 1.54) is 19.4 Å². The van der Waals surface area contributed by atoms with Gasteiger partial charge in [0.05, 0.1) is 6.04 Å². The molecule has 0 spiro atoms. The maximum atomic E-state index is 12.3.